The number of carbonyl (C=O) groups is 2. The van der Waals surface area contributed by atoms with Gasteiger partial charge in [0.2, 0.25) is 5.91 Å². The zero-order chi connectivity index (χ0) is 19.2. The lowest BCUT2D eigenvalue weighted by atomic mass is 9.94. The van der Waals surface area contributed by atoms with Gasteiger partial charge in [0.05, 0.1) is 12.5 Å². The summed E-state index contributed by atoms with van der Waals surface area (Å²) in [5.41, 5.74) is 1.80. The van der Waals surface area contributed by atoms with Crippen molar-refractivity contribution in [3.8, 4) is 5.75 Å². The molecular formula is C21H23NO5. The van der Waals surface area contributed by atoms with Gasteiger partial charge in [0.25, 0.3) is 0 Å². The molecule has 27 heavy (non-hydrogen) atoms. The Labute approximate surface area is 158 Å². The molecule has 3 rings (SSSR count). The number of carbonyl (C=O) groups excluding carboxylic acids is 1. The van der Waals surface area contributed by atoms with Crippen LogP contribution in [0.2, 0.25) is 0 Å². The molecule has 0 saturated carbocycles. The molecule has 1 fully saturated rings. The Morgan fingerprint density at radius 1 is 1.07 bits per heavy atom. The van der Waals surface area contributed by atoms with E-state index < -0.39 is 18.0 Å². The van der Waals surface area contributed by atoms with E-state index in [-0.39, 0.29) is 25.3 Å². The molecule has 0 bridgehead atoms. The van der Waals surface area contributed by atoms with Crippen molar-refractivity contribution < 1.29 is 24.5 Å². The van der Waals surface area contributed by atoms with Crippen LogP contribution in [-0.4, -0.2) is 46.2 Å². The third-order valence-corrected chi connectivity index (χ3v) is 4.80. The van der Waals surface area contributed by atoms with Crippen LogP contribution in [0.15, 0.2) is 54.6 Å². The largest absolute Gasteiger partial charge is 0.489 e. The molecule has 0 aromatic heterocycles. The number of aliphatic hydroxyl groups excluding tert-OH is 1. The van der Waals surface area contributed by atoms with Gasteiger partial charge in [-0.2, -0.15) is 0 Å². The average molecular weight is 369 g/mol. The second-order valence-corrected chi connectivity index (χ2v) is 6.70. The standard InChI is InChI=1S/C21H23NO5/c23-18-10-11-22(13-17(18)21(25)26)20(24)12-16-8-4-5-9-19(16)27-14-15-6-2-1-3-7-15/h1-9,17-18,23H,10-14H2,(H,25,26)/t17-,18-/m1/s1. The van der Waals surface area contributed by atoms with Gasteiger partial charge >= 0.3 is 5.97 Å². The first kappa shape index (κ1) is 18.9. The van der Waals surface area contributed by atoms with Gasteiger partial charge in [-0.1, -0.05) is 48.5 Å². The number of hydrogen-bond acceptors (Lipinski definition) is 4. The average Bonchev–Trinajstić information content (AvgIpc) is 2.68. The summed E-state index contributed by atoms with van der Waals surface area (Å²) in [6, 6.07) is 17.1. The zero-order valence-corrected chi connectivity index (χ0v) is 15.0. The normalized spacial score (nSPS) is 19.5. The van der Waals surface area contributed by atoms with Gasteiger partial charge in [-0.25, -0.2) is 0 Å². The van der Waals surface area contributed by atoms with E-state index in [0.717, 1.165) is 11.1 Å². The number of aliphatic carboxylic acids is 1. The van der Waals surface area contributed by atoms with Gasteiger partial charge < -0.3 is 19.8 Å². The molecule has 1 aliphatic rings. The highest BCUT2D eigenvalue weighted by Crippen LogP contribution is 2.23. The van der Waals surface area contributed by atoms with E-state index >= 15 is 0 Å². The van der Waals surface area contributed by atoms with Gasteiger partial charge in [-0.3, -0.25) is 9.59 Å². The highest BCUT2D eigenvalue weighted by atomic mass is 16.5. The number of rotatable bonds is 6. The van der Waals surface area contributed by atoms with Gasteiger partial charge in [0.15, 0.2) is 0 Å². The number of amides is 1. The Bertz CT molecular complexity index is 792. The molecule has 2 N–H and O–H groups in total. The molecule has 2 aromatic carbocycles. The maximum atomic E-state index is 12.7. The number of benzene rings is 2. The van der Waals surface area contributed by atoms with Crippen LogP contribution in [0.4, 0.5) is 0 Å². The Balaban J connectivity index is 1.65. The van der Waals surface area contributed by atoms with Gasteiger partial charge in [-0.05, 0) is 18.1 Å². The maximum Gasteiger partial charge on any atom is 0.310 e. The third kappa shape index (κ3) is 4.86. The van der Waals surface area contributed by atoms with Crippen LogP contribution in [0.25, 0.3) is 0 Å². The van der Waals surface area contributed by atoms with Crippen molar-refractivity contribution >= 4 is 11.9 Å². The summed E-state index contributed by atoms with van der Waals surface area (Å²) in [7, 11) is 0. The van der Waals surface area contributed by atoms with Crippen molar-refractivity contribution in [2.75, 3.05) is 13.1 Å². The topological polar surface area (TPSA) is 87.1 Å². The first-order valence-corrected chi connectivity index (χ1v) is 8.98. The van der Waals surface area contributed by atoms with Crippen molar-refractivity contribution in [3.63, 3.8) is 0 Å². The molecule has 1 aliphatic heterocycles. The minimum atomic E-state index is -1.08. The van der Waals surface area contributed by atoms with Crippen molar-refractivity contribution in [1.82, 2.24) is 4.90 Å². The SMILES string of the molecule is O=C(O)[C@@H]1CN(C(=O)Cc2ccccc2OCc2ccccc2)CC[C@H]1O. The van der Waals surface area contributed by atoms with Gasteiger partial charge in [-0.15, -0.1) is 0 Å². The molecule has 0 radical (unpaired) electrons. The van der Waals surface area contributed by atoms with Crippen LogP contribution in [0.1, 0.15) is 17.5 Å². The van der Waals surface area contributed by atoms with Gasteiger partial charge in [0, 0.05) is 18.7 Å². The van der Waals surface area contributed by atoms with E-state index in [1.165, 1.54) is 4.90 Å². The van der Waals surface area contributed by atoms with E-state index in [2.05, 4.69) is 0 Å². The number of para-hydroxylation sites is 1. The summed E-state index contributed by atoms with van der Waals surface area (Å²) in [5, 5.41) is 19.0. The molecule has 0 unspecified atom stereocenters. The summed E-state index contributed by atoms with van der Waals surface area (Å²) >= 11 is 0. The molecule has 0 spiro atoms. The van der Waals surface area contributed by atoms with Crippen molar-refractivity contribution in [2.45, 2.75) is 25.6 Å². The van der Waals surface area contributed by atoms with Crippen LogP contribution in [0.5, 0.6) is 5.75 Å². The maximum absolute atomic E-state index is 12.7. The number of ether oxygens (including phenoxy) is 1. The highest BCUT2D eigenvalue weighted by molar-refractivity contribution is 5.81. The predicted molar refractivity (Wildman–Crippen MR) is 99.2 cm³/mol. The zero-order valence-electron chi connectivity index (χ0n) is 15.0. The monoisotopic (exact) mass is 369 g/mol. The first-order valence-electron chi connectivity index (χ1n) is 8.98. The molecule has 0 aliphatic carbocycles. The Morgan fingerprint density at radius 3 is 2.52 bits per heavy atom. The molecule has 142 valence electrons. The quantitative estimate of drug-likeness (QED) is 0.814. The fourth-order valence-electron chi connectivity index (χ4n) is 3.21. The van der Waals surface area contributed by atoms with Crippen LogP contribution in [0.3, 0.4) is 0 Å². The summed E-state index contributed by atoms with van der Waals surface area (Å²) in [5.74, 6) is -1.54. The lowest BCUT2D eigenvalue weighted by molar-refractivity contribution is -0.151. The fourth-order valence-corrected chi connectivity index (χ4v) is 3.21. The number of carboxylic acids is 1. The number of likely N-dealkylation sites (tertiary alicyclic amines) is 1. The van der Waals surface area contributed by atoms with E-state index in [4.69, 9.17) is 4.74 Å². The molecule has 1 saturated heterocycles. The van der Waals surface area contributed by atoms with E-state index in [9.17, 15) is 19.8 Å². The fraction of sp³-hybridized carbons (Fsp3) is 0.333. The predicted octanol–water partition coefficient (Wildman–Crippen LogP) is 2.10. The smallest absolute Gasteiger partial charge is 0.310 e. The Morgan fingerprint density at radius 2 is 1.78 bits per heavy atom. The lowest BCUT2D eigenvalue weighted by Crippen LogP contribution is -2.49. The molecule has 6 nitrogen and oxygen atoms in total. The summed E-state index contributed by atoms with van der Waals surface area (Å²) in [4.78, 5) is 25.4. The van der Waals surface area contributed by atoms with Crippen LogP contribution >= 0.6 is 0 Å². The Hall–Kier alpha value is -2.86. The highest BCUT2D eigenvalue weighted by Gasteiger charge is 2.35. The van der Waals surface area contributed by atoms with Crippen molar-refractivity contribution in [1.29, 1.82) is 0 Å². The number of nitrogens with zero attached hydrogens (tertiary/aromatic N) is 1. The Kier molecular flexibility index (Phi) is 6.08. The molecule has 1 heterocycles. The third-order valence-electron chi connectivity index (χ3n) is 4.80. The number of carboxylic acid groups (broad SMARTS) is 1. The summed E-state index contributed by atoms with van der Waals surface area (Å²) < 4.78 is 5.88. The molecule has 6 heteroatoms. The van der Waals surface area contributed by atoms with E-state index in [1.807, 2.05) is 54.6 Å². The number of aliphatic hydroxyl groups is 1. The van der Waals surface area contributed by atoms with Gasteiger partial charge in [0.1, 0.15) is 18.3 Å². The minimum absolute atomic E-state index is 0.0301. The minimum Gasteiger partial charge on any atom is -0.489 e. The van der Waals surface area contributed by atoms with Crippen LogP contribution in [0, 0.1) is 5.92 Å². The van der Waals surface area contributed by atoms with Crippen molar-refractivity contribution in [3.05, 3.63) is 65.7 Å². The van der Waals surface area contributed by atoms with E-state index in [0.29, 0.717) is 18.9 Å². The van der Waals surface area contributed by atoms with Crippen LogP contribution < -0.4 is 4.74 Å². The number of piperidine rings is 1. The summed E-state index contributed by atoms with van der Waals surface area (Å²) in [6.45, 7) is 0.794. The molecule has 2 aromatic rings. The lowest BCUT2D eigenvalue weighted by Gasteiger charge is -2.34. The second-order valence-electron chi connectivity index (χ2n) is 6.70. The molecular weight excluding hydrogens is 346 g/mol. The van der Waals surface area contributed by atoms with Crippen LogP contribution in [-0.2, 0) is 22.6 Å². The first-order chi connectivity index (χ1) is 13.0. The van der Waals surface area contributed by atoms with E-state index in [1.54, 1.807) is 0 Å². The number of hydrogen-bond donors (Lipinski definition) is 2. The molecule has 2 atom stereocenters. The van der Waals surface area contributed by atoms with Crippen molar-refractivity contribution in [2.24, 2.45) is 5.92 Å². The second kappa shape index (κ2) is 8.68. The summed E-state index contributed by atoms with van der Waals surface area (Å²) in [6.07, 6.45) is -0.504. The molecule has 1 amide bonds.